The highest BCUT2D eigenvalue weighted by molar-refractivity contribution is 14.1. The number of aryl methyl sites for hydroxylation is 1. The third-order valence-corrected chi connectivity index (χ3v) is 11.3. The molecule has 1 aromatic rings. The van der Waals surface area contributed by atoms with E-state index in [0.717, 1.165) is 7.81 Å². The zero-order valence-electron chi connectivity index (χ0n) is 13.7. The Bertz CT molecular complexity index is 530. The molecular formula is C16H25IO2SSi. The van der Waals surface area contributed by atoms with Crippen molar-refractivity contribution < 1.29 is 8.63 Å². The summed E-state index contributed by atoms with van der Waals surface area (Å²) < 4.78 is 19.3. The molecule has 1 rings (SSSR count). The van der Waals surface area contributed by atoms with Crippen molar-refractivity contribution >= 4 is 41.7 Å². The Balaban J connectivity index is 2.69. The first kappa shape index (κ1) is 19.1. The van der Waals surface area contributed by atoms with Gasteiger partial charge in [0.15, 0.2) is 8.32 Å². The lowest BCUT2D eigenvalue weighted by Crippen LogP contribution is -2.40. The van der Waals surface area contributed by atoms with Crippen LogP contribution in [-0.4, -0.2) is 19.1 Å². The molecule has 0 bridgehead atoms. The van der Waals surface area contributed by atoms with Crippen LogP contribution in [0.2, 0.25) is 18.1 Å². The predicted molar refractivity (Wildman–Crippen MR) is 103 cm³/mol. The molecule has 0 aromatic heterocycles. The van der Waals surface area contributed by atoms with Gasteiger partial charge in [0.05, 0.1) is 20.3 Å². The van der Waals surface area contributed by atoms with Gasteiger partial charge in [0.25, 0.3) is 0 Å². The maximum atomic E-state index is 12.4. The fourth-order valence-corrected chi connectivity index (χ4v) is 4.09. The van der Waals surface area contributed by atoms with E-state index in [-0.39, 0.29) is 5.04 Å². The minimum absolute atomic E-state index is 0.197. The van der Waals surface area contributed by atoms with E-state index in [1.165, 1.54) is 5.56 Å². The van der Waals surface area contributed by atoms with Crippen molar-refractivity contribution in [2.45, 2.75) is 50.7 Å². The second kappa shape index (κ2) is 7.52. The molecule has 0 unspecified atom stereocenters. The van der Waals surface area contributed by atoms with Gasteiger partial charge in [-0.2, -0.15) is 0 Å². The van der Waals surface area contributed by atoms with Gasteiger partial charge in [0.1, 0.15) is 0 Å². The van der Waals surface area contributed by atoms with Gasteiger partial charge in [-0.05, 0) is 65.9 Å². The fourth-order valence-electron chi connectivity index (χ4n) is 1.38. The first-order chi connectivity index (χ1) is 9.54. The summed E-state index contributed by atoms with van der Waals surface area (Å²) in [6.45, 7) is 13.7. The van der Waals surface area contributed by atoms with Crippen molar-refractivity contribution in [1.82, 2.24) is 0 Å². The fraction of sp³-hybridized carbons (Fsp3) is 0.500. The lowest BCUT2D eigenvalue weighted by atomic mass is 10.2. The highest BCUT2D eigenvalue weighted by atomic mass is 127. The predicted octanol–water partition coefficient (Wildman–Crippen LogP) is 5.40. The molecule has 0 heterocycles. The smallest absolute Gasteiger partial charge is 0.192 e. The number of hydrogen-bond donors (Lipinski definition) is 0. The summed E-state index contributed by atoms with van der Waals surface area (Å²) in [5.41, 5.74) is 1.18. The van der Waals surface area contributed by atoms with E-state index >= 15 is 0 Å². The van der Waals surface area contributed by atoms with Crippen molar-refractivity contribution in [3.05, 3.63) is 38.8 Å². The molecule has 0 aliphatic heterocycles. The highest BCUT2D eigenvalue weighted by Gasteiger charge is 2.36. The topological polar surface area (TPSA) is 26.3 Å². The molecule has 0 amide bonds. The maximum absolute atomic E-state index is 12.4. The normalized spacial score (nSPS) is 15.1. The number of halogens is 1. The van der Waals surface area contributed by atoms with Gasteiger partial charge in [0.2, 0.25) is 0 Å². The molecule has 0 saturated heterocycles. The van der Waals surface area contributed by atoms with Crippen LogP contribution in [0.15, 0.2) is 38.1 Å². The summed E-state index contributed by atoms with van der Waals surface area (Å²) in [4.78, 5) is 0.841. The Morgan fingerprint density at radius 3 is 2.29 bits per heavy atom. The lowest BCUT2D eigenvalue weighted by molar-refractivity contribution is 0.328. The second-order valence-electron chi connectivity index (χ2n) is 6.66. The van der Waals surface area contributed by atoms with E-state index in [2.05, 4.69) is 56.5 Å². The summed E-state index contributed by atoms with van der Waals surface area (Å²) in [7, 11) is -2.84. The van der Waals surface area contributed by atoms with Gasteiger partial charge >= 0.3 is 0 Å². The average molecular weight is 436 g/mol. The van der Waals surface area contributed by atoms with Gasteiger partial charge in [-0.25, -0.2) is 4.21 Å². The molecule has 0 radical (unpaired) electrons. The molecule has 1 atom stereocenters. The molecule has 0 spiro atoms. The van der Waals surface area contributed by atoms with Crippen LogP contribution in [0.4, 0.5) is 0 Å². The quantitative estimate of drug-likeness (QED) is 0.456. The molecule has 0 N–H and O–H groups in total. The van der Waals surface area contributed by atoms with Crippen LogP contribution in [0, 0.1) is 6.92 Å². The monoisotopic (exact) mass is 436 g/mol. The summed E-state index contributed by atoms with van der Waals surface area (Å²) in [6, 6.07) is 7.83. The summed E-state index contributed by atoms with van der Waals surface area (Å²) in [5, 5.41) is 0.197. The van der Waals surface area contributed by atoms with Crippen LogP contribution < -0.4 is 0 Å². The van der Waals surface area contributed by atoms with Crippen molar-refractivity contribution in [3.63, 3.8) is 0 Å². The second-order valence-corrected chi connectivity index (χ2v) is 14.8. The van der Waals surface area contributed by atoms with Crippen molar-refractivity contribution in [2.24, 2.45) is 0 Å². The molecule has 21 heavy (non-hydrogen) atoms. The molecule has 5 heteroatoms. The van der Waals surface area contributed by atoms with Gasteiger partial charge in [-0.15, -0.1) is 0 Å². The zero-order chi connectivity index (χ0) is 16.3. The first-order valence-corrected chi connectivity index (χ1v) is 12.2. The van der Waals surface area contributed by atoms with E-state index < -0.39 is 19.1 Å². The van der Waals surface area contributed by atoms with E-state index in [9.17, 15) is 4.21 Å². The third kappa shape index (κ3) is 5.62. The Morgan fingerprint density at radius 2 is 1.81 bits per heavy atom. The Labute approximate surface area is 146 Å². The molecule has 0 aliphatic rings. The Hall–Kier alpha value is 0.0169. The maximum Gasteiger partial charge on any atom is 0.192 e. The van der Waals surface area contributed by atoms with Crippen molar-refractivity contribution in [3.8, 4) is 0 Å². The standard InChI is InChI=1S/C16H25IO2SSi/c1-13-7-9-14(10-8-13)20(18)15(17)11-12-19-21(5,6)16(2,3)4/h7-11H,12H2,1-6H3/b15-11+/t20-/m1/s1. The van der Waals surface area contributed by atoms with Crippen LogP contribution in [0.1, 0.15) is 26.3 Å². The number of hydrogen-bond acceptors (Lipinski definition) is 2. The number of rotatable bonds is 5. The van der Waals surface area contributed by atoms with Crippen LogP contribution in [0.25, 0.3) is 0 Å². The first-order valence-electron chi connectivity index (χ1n) is 7.02. The third-order valence-electron chi connectivity index (χ3n) is 3.91. The van der Waals surface area contributed by atoms with E-state index in [0.29, 0.717) is 6.61 Å². The van der Waals surface area contributed by atoms with Crippen molar-refractivity contribution in [2.75, 3.05) is 6.61 Å². The summed E-state index contributed by atoms with van der Waals surface area (Å²) in [6.07, 6.45) is 1.94. The Kier molecular flexibility index (Phi) is 6.83. The molecule has 0 fully saturated rings. The summed E-state index contributed by atoms with van der Waals surface area (Å²) in [5.74, 6) is 0. The SMILES string of the molecule is Cc1ccc([S@@](=O)/C(I)=C/CO[Si](C)(C)C(C)(C)C)cc1. The Morgan fingerprint density at radius 1 is 1.29 bits per heavy atom. The molecule has 2 nitrogen and oxygen atoms in total. The van der Waals surface area contributed by atoms with Gasteiger partial charge < -0.3 is 4.43 Å². The van der Waals surface area contributed by atoms with E-state index in [1.54, 1.807) is 0 Å². The molecule has 118 valence electrons. The van der Waals surface area contributed by atoms with Crippen LogP contribution in [-0.2, 0) is 15.2 Å². The van der Waals surface area contributed by atoms with Gasteiger partial charge in [-0.1, -0.05) is 38.5 Å². The number of benzene rings is 1. The molecule has 1 aromatic carbocycles. The minimum Gasteiger partial charge on any atom is -0.413 e. The highest BCUT2D eigenvalue weighted by Crippen LogP contribution is 2.36. The minimum atomic E-state index is -1.74. The average Bonchev–Trinajstić information content (AvgIpc) is 2.37. The van der Waals surface area contributed by atoms with Crippen LogP contribution in [0.5, 0.6) is 0 Å². The largest absolute Gasteiger partial charge is 0.413 e. The van der Waals surface area contributed by atoms with Gasteiger partial charge in [0, 0.05) is 4.90 Å². The van der Waals surface area contributed by atoms with Crippen LogP contribution in [0.3, 0.4) is 0 Å². The summed E-state index contributed by atoms with van der Waals surface area (Å²) >= 11 is 2.15. The lowest BCUT2D eigenvalue weighted by Gasteiger charge is -2.35. The van der Waals surface area contributed by atoms with E-state index in [1.807, 2.05) is 37.3 Å². The molecule has 0 saturated carbocycles. The van der Waals surface area contributed by atoms with E-state index in [4.69, 9.17) is 4.43 Å². The zero-order valence-corrected chi connectivity index (χ0v) is 17.7. The van der Waals surface area contributed by atoms with Gasteiger partial charge in [-0.3, -0.25) is 0 Å². The van der Waals surface area contributed by atoms with Crippen LogP contribution >= 0.6 is 22.6 Å². The molecular weight excluding hydrogens is 411 g/mol. The molecule has 0 aliphatic carbocycles. The van der Waals surface area contributed by atoms with Crippen molar-refractivity contribution in [1.29, 1.82) is 0 Å².